The molecule has 4 nitrogen and oxygen atoms in total. The zero-order valence-corrected chi connectivity index (χ0v) is 15.1. The van der Waals surface area contributed by atoms with Crippen molar-refractivity contribution < 1.29 is 4.79 Å². The minimum atomic E-state index is 0.361. The van der Waals surface area contributed by atoms with Crippen molar-refractivity contribution in [3.8, 4) is 0 Å². The van der Waals surface area contributed by atoms with Crippen molar-refractivity contribution in [1.82, 2.24) is 14.7 Å². The van der Waals surface area contributed by atoms with Gasteiger partial charge in [0.05, 0.1) is 0 Å². The smallest absolute Gasteiger partial charge is 0.222 e. The zero-order chi connectivity index (χ0) is 16.1. The number of carbonyl (C=O) groups excluding carboxylic acids is 1. The highest BCUT2D eigenvalue weighted by Crippen LogP contribution is 2.20. The topological polar surface area (TPSA) is 26.8 Å². The van der Waals surface area contributed by atoms with Gasteiger partial charge >= 0.3 is 0 Å². The Morgan fingerprint density at radius 2 is 2.04 bits per heavy atom. The van der Waals surface area contributed by atoms with E-state index in [0.29, 0.717) is 11.9 Å². The lowest BCUT2D eigenvalue weighted by atomic mass is 9.98. The monoisotopic (exact) mass is 335 g/mol. The van der Waals surface area contributed by atoms with Gasteiger partial charge in [-0.15, -0.1) is 11.3 Å². The molecular formula is C18H29N3OS. The summed E-state index contributed by atoms with van der Waals surface area (Å²) in [6.45, 7) is 6.03. The Morgan fingerprint density at radius 3 is 2.74 bits per heavy atom. The van der Waals surface area contributed by atoms with Crippen LogP contribution in [0.2, 0.25) is 0 Å². The predicted octanol–water partition coefficient (Wildman–Crippen LogP) is 2.66. The number of rotatable bonds is 5. The van der Waals surface area contributed by atoms with E-state index in [2.05, 4.69) is 39.3 Å². The molecule has 23 heavy (non-hydrogen) atoms. The van der Waals surface area contributed by atoms with Crippen LogP contribution < -0.4 is 0 Å². The Labute approximate surface area is 144 Å². The second kappa shape index (κ2) is 8.27. The molecule has 0 radical (unpaired) electrons. The largest absolute Gasteiger partial charge is 0.340 e. The number of amides is 1. The highest BCUT2D eigenvalue weighted by atomic mass is 32.1. The first kappa shape index (κ1) is 16.9. The van der Waals surface area contributed by atoms with Gasteiger partial charge < -0.3 is 9.80 Å². The minimum absolute atomic E-state index is 0.361. The predicted molar refractivity (Wildman–Crippen MR) is 95.7 cm³/mol. The number of thiophene rings is 1. The van der Waals surface area contributed by atoms with Gasteiger partial charge in [0.1, 0.15) is 0 Å². The highest BCUT2D eigenvalue weighted by molar-refractivity contribution is 7.09. The molecule has 1 unspecified atom stereocenters. The van der Waals surface area contributed by atoms with E-state index in [4.69, 9.17) is 0 Å². The van der Waals surface area contributed by atoms with Gasteiger partial charge in [-0.25, -0.2) is 0 Å². The molecule has 1 atom stereocenters. The molecule has 3 heterocycles. The minimum Gasteiger partial charge on any atom is -0.340 e. The fourth-order valence-corrected chi connectivity index (χ4v) is 4.48. The third kappa shape index (κ3) is 4.78. The normalized spacial score (nSPS) is 24.0. The lowest BCUT2D eigenvalue weighted by Crippen LogP contribution is -2.48. The molecule has 2 saturated heterocycles. The third-order valence-electron chi connectivity index (χ3n) is 5.30. The van der Waals surface area contributed by atoms with E-state index in [1.54, 1.807) is 0 Å². The maximum atomic E-state index is 12.5. The summed E-state index contributed by atoms with van der Waals surface area (Å²) in [6.07, 6.45) is 5.65. The van der Waals surface area contributed by atoms with Gasteiger partial charge in [-0.1, -0.05) is 12.5 Å². The van der Waals surface area contributed by atoms with E-state index in [1.807, 2.05) is 11.3 Å². The van der Waals surface area contributed by atoms with Crippen molar-refractivity contribution in [2.45, 2.75) is 44.7 Å². The van der Waals surface area contributed by atoms with Gasteiger partial charge in [0, 0.05) is 50.1 Å². The lowest BCUT2D eigenvalue weighted by molar-refractivity contribution is -0.133. The molecule has 128 valence electrons. The van der Waals surface area contributed by atoms with Crippen LogP contribution in [0.4, 0.5) is 0 Å². The molecule has 1 aromatic rings. The van der Waals surface area contributed by atoms with Crippen LogP contribution >= 0.6 is 11.3 Å². The first-order valence-corrected chi connectivity index (χ1v) is 9.83. The van der Waals surface area contributed by atoms with Gasteiger partial charge in [-0.3, -0.25) is 9.69 Å². The van der Waals surface area contributed by atoms with Gasteiger partial charge in [0.25, 0.3) is 0 Å². The summed E-state index contributed by atoms with van der Waals surface area (Å²) in [5, 5.41) is 2.14. The van der Waals surface area contributed by atoms with Crippen LogP contribution in [0.5, 0.6) is 0 Å². The SMILES string of the molecule is CN1CCCCC1CCC(=O)N1CCN(Cc2cccs2)CC1. The van der Waals surface area contributed by atoms with Crippen LogP contribution in [0.3, 0.4) is 0 Å². The molecule has 1 amide bonds. The van der Waals surface area contributed by atoms with Crippen LogP contribution in [-0.2, 0) is 11.3 Å². The number of carbonyl (C=O) groups is 1. The van der Waals surface area contributed by atoms with Crippen molar-refractivity contribution in [3.05, 3.63) is 22.4 Å². The second-order valence-electron chi connectivity index (χ2n) is 6.91. The molecule has 0 saturated carbocycles. The molecule has 0 aromatic carbocycles. The summed E-state index contributed by atoms with van der Waals surface area (Å²) >= 11 is 1.82. The molecule has 0 spiro atoms. The Kier molecular flexibility index (Phi) is 6.08. The van der Waals surface area contributed by atoms with E-state index < -0.39 is 0 Å². The molecular weight excluding hydrogens is 306 g/mol. The summed E-state index contributed by atoms with van der Waals surface area (Å²) in [5.41, 5.74) is 0. The second-order valence-corrected chi connectivity index (χ2v) is 7.94. The van der Waals surface area contributed by atoms with E-state index in [1.165, 1.54) is 30.7 Å². The van der Waals surface area contributed by atoms with Crippen molar-refractivity contribution >= 4 is 17.2 Å². The number of likely N-dealkylation sites (tertiary alicyclic amines) is 1. The van der Waals surface area contributed by atoms with E-state index in [0.717, 1.165) is 45.6 Å². The number of piperazine rings is 1. The van der Waals surface area contributed by atoms with Gasteiger partial charge in [-0.05, 0) is 44.3 Å². The molecule has 1 aromatic heterocycles. The molecule has 0 aliphatic carbocycles. The third-order valence-corrected chi connectivity index (χ3v) is 6.16. The lowest BCUT2D eigenvalue weighted by Gasteiger charge is -2.36. The summed E-state index contributed by atoms with van der Waals surface area (Å²) in [5.74, 6) is 0.361. The van der Waals surface area contributed by atoms with E-state index >= 15 is 0 Å². The molecule has 2 aliphatic heterocycles. The molecule has 3 rings (SSSR count). The van der Waals surface area contributed by atoms with Gasteiger partial charge in [0.2, 0.25) is 5.91 Å². The summed E-state index contributed by atoms with van der Waals surface area (Å²) in [6, 6.07) is 4.93. The van der Waals surface area contributed by atoms with Crippen molar-refractivity contribution in [3.63, 3.8) is 0 Å². The Balaban J connectivity index is 1.38. The summed E-state index contributed by atoms with van der Waals surface area (Å²) in [7, 11) is 2.21. The number of piperidine rings is 1. The van der Waals surface area contributed by atoms with Crippen LogP contribution in [-0.4, -0.2) is 66.4 Å². The van der Waals surface area contributed by atoms with Crippen molar-refractivity contribution in [2.24, 2.45) is 0 Å². The average molecular weight is 336 g/mol. The van der Waals surface area contributed by atoms with Gasteiger partial charge in [0.15, 0.2) is 0 Å². The van der Waals surface area contributed by atoms with Crippen molar-refractivity contribution in [1.29, 1.82) is 0 Å². The van der Waals surface area contributed by atoms with Crippen molar-refractivity contribution in [2.75, 3.05) is 39.8 Å². The van der Waals surface area contributed by atoms with Crippen LogP contribution in [0, 0.1) is 0 Å². The first-order chi connectivity index (χ1) is 11.2. The molecule has 5 heteroatoms. The summed E-state index contributed by atoms with van der Waals surface area (Å²) in [4.78, 5) is 20.9. The fourth-order valence-electron chi connectivity index (χ4n) is 3.74. The molecule has 2 fully saturated rings. The highest BCUT2D eigenvalue weighted by Gasteiger charge is 2.24. The molecule has 0 N–H and O–H groups in total. The Hall–Kier alpha value is -0.910. The number of hydrogen-bond acceptors (Lipinski definition) is 4. The van der Waals surface area contributed by atoms with E-state index in [9.17, 15) is 4.79 Å². The number of hydrogen-bond donors (Lipinski definition) is 0. The first-order valence-electron chi connectivity index (χ1n) is 8.95. The fraction of sp³-hybridized carbons (Fsp3) is 0.722. The zero-order valence-electron chi connectivity index (χ0n) is 14.2. The molecule has 2 aliphatic rings. The Morgan fingerprint density at radius 1 is 1.22 bits per heavy atom. The quantitative estimate of drug-likeness (QED) is 0.828. The number of nitrogens with zero attached hydrogens (tertiary/aromatic N) is 3. The maximum absolute atomic E-state index is 12.5. The molecule has 0 bridgehead atoms. The Bertz CT molecular complexity index is 482. The van der Waals surface area contributed by atoms with Crippen LogP contribution in [0.1, 0.15) is 37.0 Å². The van der Waals surface area contributed by atoms with Crippen LogP contribution in [0.25, 0.3) is 0 Å². The maximum Gasteiger partial charge on any atom is 0.222 e. The average Bonchev–Trinajstić information content (AvgIpc) is 3.07. The van der Waals surface area contributed by atoms with Crippen LogP contribution in [0.15, 0.2) is 17.5 Å². The van der Waals surface area contributed by atoms with E-state index in [-0.39, 0.29) is 0 Å². The standard InChI is InChI=1S/C18H29N3OS/c1-19-9-3-2-5-16(19)7-8-18(22)21-12-10-20(11-13-21)15-17-6-4-14-23-17/h4,6,14,16H,2-3,5,7-13,15H2,1H3. The summed E-state index contributed by atoms with van der Waals surface area (Å²) < 4.78 is 0. The van der Waals surface area contributed by atoms with Gasteiger partial charge in [-0.2, -0.15) is 0 Å².